The molecule has 0 unspecified atom stereocenters. The molecule has 0 fully saturated rings. The predicted molar refractivity (Wildman–Crippen MR) is 84.2 cm³/mol. The van der Waals surface area contributed by atoms with Crippen LogP contribution in [-0.4, -0.2) is 24.2 Å². The average molecular weight is 279 g/mol. The van der Waals surface area contributed by atoms with Gasteiger partial charge in [-0.2, -0.15) is 11.8 Å². The highest BCUT2D eigenvalue weighted by Crippen LogP contribution is 2.30. The first-order valence-electron chi connectivity index (χ1n) is 7.23. The fourth-order valence-corrected chi connectivity index (χ4v) is 3.47. The van der Waals surface area contributed by atoms with Gasteiger partial charge in [0.25, 0.3) is 0 Å². The van der Waals surface area contributed by atoms with Crippen LogP contribution >= 0.6 is 11.8 Å². The summed E-state index contributed by atoms with van der Waals surface area (Å²) >= 11 is 1.99. The Morgan fingerprint density at radius 1 is 1.32 bits per heavy atom. The Morgan fingerprint density at radius 2 is 2.11 bits per heavy atom. The maximum atomic E-state index is 5.54. The van der Waals surface area contributed by atoms with Crippen LogP contribution in [0.1, 0.15) is 37.8 Å². The largest absolute Gasteiger partial charge is 0.493 e. The minimum Gasteiger partial charge on any atom is -0.493 e. The number of hydrogen-bond donors (Lipinski definition) is 1. The van der Waals surface area contributed by atoms with E-state index < -0.39 is 0 Å². The molecule has 0 aromatic heterocycles. The van der Waals surface area contributed by atoms with Gasteiger partial charge in [0, 0.05) is 24.3 Å². The van der Waals surface area contributed by atoms with Crippen molar-refractivity contribution in [3.63, 3.8) is 0 Å². The Kier molecular flexibility index (Phi) is 5.17. The van der Waals surface area contributed by atoms with Crippen LogP contribution < -0.4 is 10.1 Å². The third-order valence-corrected chi connectivity index (χ3v) is 5.84. The van der Waals surface area contributed by atoms with E-state index in [2.05, 4.69) is 43.6 Å². The number of benzene rings is 1. The van der Waals surface area contributed by atoms with Crippen LogP contribution in [-0.2, 0) is 13.0 Å². The van der Waals surface area contributed by atoms with E-state index in [0.29, 0.717) is 4.75 Å². The lowest BCUT2D eigenvalue weighted by molar-refractivity contribution is 0.357. The molecule has 0 spiro atoms. The lowest BCUT2D eigenvalue weighted by Crippen LogP contribution is -2.36. The van der Waals surface area contributed by atoms with Crippen LogP contribution in [0.2, 0.25) is 0 Å². The van der Waals surface area contributed by atoms with E-state index in [0.717, 1.165) is 31.9 Å². The first-order valence-corrected chi connectivity index (χ1v) is 8.46. The van der Waals surface area contributed by atoms with Gasteiger partial charge in [-0.1, -0.05) is 26.0 Å². The summed E-state index contributed by atoms with van der Waals surface area (Å²) in [6, 6.07) is 6.57. The van der Waals surface area contributed by atoms with Crippen molar-refractivity contribution >= 4 is 11.8 Å². The zero-order chi connectivity index (χ0) is 13.7. The molecule has 0 radical (unpaired) electrons. The molecule has 1 aliphatic rings. The highest BCUT2D eigenvalue weighted by Gasteiger charge is 2.24. The SMILES string of the molecule is CCC(CC)(CNCc1ccc2c(c1)CCO2)SC. The van der Waals surface area contributed by atoms with Crippen molar-refractivity contribution in [1.82, 2.24) is 5.32 Å². The maximum Gasteiger partial charge on any atom is 0.122 e. The molecule has 1 heterocycles. The number of fused-ring (bicyclic) bond motifs is 1. The zero-order valence-corrected chi connectivity index (χ0v) is 13.1. The molecule has 0 amide bonds. The van der Waals surface area contributed by atoms with Gasteiger partial charge in [-0.05, 0) is 36.3 Å². The van der Waals surface area contributed by atoms with Gasteiger partial charge in [0.2, 0.25) is 0 Å². The van der Waals surface area contributed by atoms with E-state index in [1.165, 1.54) is 24.0 Å². The molecule has 1 N–H and O–H groups in total. The van der Waals surface area contributed by atoms with Gasteiger partial charge in [-0.25, -0.2) is 0 Å². The summed E-state index contributed by atoms with van der Waals surface area (Å²) in [5.41, 5.74) is 2.73. The normalized spacial score (nSPS) is 14.3. The van der Waals surface area contributed by atoms with Crippen molar-refractivity contribution in [3.05, 3.63) is 29.3 Å². The van der Waals surface area contributed by atoms with E-state index in [-0.39, 0.29) is 0 Å². The molecular weight excluding hydrogens is 254 g/mol. The molecule has 0 aliphatic carbocycles. The third kappa shape index (κ3) is 3.46. The number of thioether (sulfide) groups is 1. The van der Waals surface area contributed by atoms with Gasteiger partial charge in [0.05, 0.1) is 6.61 Å². The molecule has 19 heavy (non-hydrogen) atoms. The van der Waals surface area contributed by atoms with E-state index in [9.17, 15) is 0 Å². The Morgan fingerprint density at radius 3 is 2.79 bits per heavy atom. The molecule has 0 saturated heterocycles. The lowest BCUT2D eigenvalue weighted by atomic mass is 10.0. The third-order valence-electron chi connectivity index (χ3n) is 4.25. The zero-order valence-electron chi connectivity index (χ0n) is 12.3. The standard InChI is InChI=1S/C16H25NOS/c1-4-16(5-2,19-3)12-17-11-13-6-7-15-14(10-13)8-9-18-15/h6-7,10,17H,4-5,8-9,11-12H2,1-3H3. The van der Waals surface area contributed by atoms with E-state index in [4.69, 9.17) is 4.74 Å². The van der Waals surface area contributed by atoms with E-state index in [1.54, 1.807) is 0 Å². The van der Waals surface area contributed by atoms with E-state index in [1.807, 2.05) is 11.8 Å². The number of nitrogens with one attached hydrogen (secondary N) is 1. The summed E-state index contributed by atoms with van der Waals surface area (Å²) in [7, 11) is 0. The molecule has 106 valence electrons. The Balaban J connectivity index is 1.89. The topological polar surface area (TPSA) is 21.3 Å². The maximum absolute atomic E-state index is 5.54. The first-order chi connectivity index (χ1) is 9.23. The van der Waals surface area contributed by atoms with Gasteiger partial charge >= 0.3 is 0 Å². The van der Waals surface area contributed by atoms with Crippen LogP contribution in [0.15, 0.2) is 18.2 Å². The van der Waals surface area contributed by atoms with Crippen molar-refractivity contribution in [3.8, 4) is 5.75 Å². The summed E-state index contributed by atoms with van der Waals surface area (Å²) < 4.78 is 5.93. The van der Waals surface area contributed by atoms with Gasteiger partial charge in [0.1, 0.15) is 5.75 Å². The Hall–Kier alpha value is -0.670. The van der Waals surface area contributed by atoms with Crippen LogP contribution in [0, 0.1) is 0 Å². The van der Waals surface area contributed by atoms with Crippen LogP contribution in [0.3, 0.4) is 0 Å². The summed E-state index contributed by atoms with van der Waals surface area (Å²) in [5, 5.41) is 3.62. The minimum absolute atomic E-state index is 0.389. The Bertz CT molecular complexity index is 407. The quantitative estimate of drug-likeness (QED) is 0.823. The monoisotopic (exact) mass is 279 g/mol. The van der Waals surface area contributed by atoms with Gasteiger partial charge < -0.3 is 10.1 Å². The van der Waals surface area contributed by atoms with Gasteiger partial charge in [0.15, 0.2) is 0 Å². The second-order valence-electron chi connectivity index (χ2n) is 5.24. The Labute approximate surface area is 121 Å². The number of ether oxygens (including phenoxy) is 1. The van der Waals surface area contributed by atoms with Crippen molar-refractivity contribution in [1.29, 1.82) is 0 Å². The molecule has 2 rings (SSSR count). The summed E-state index contributed by atoms with van der Waals surface area (Å²) in [6.45, 7) is 7.45. The van der Waals surface area contributed by atoms with Crippen LogP contribution in [0.5, 0.6) is 5.75 Å². The number of hydrogen-bond acceptors (Lipinski definition) is 3. The summed E-state index contributed by atoms with van der Waals surface area (Å²) in [6.07, 6.45) is 5.72. The second-order valence-corrected chi connectivity index (χ2v) is 6.51. The fraction of sp³-hybridized carbons (Fsp3) is 0.625. The molecule has 0 atom stereocenters. The minimum atomic E-state index is 0.389. The van der Waals surface area contributed by atoms with E-state index >= 15 is 0 Å². The first kappa shape index (κ1) is 14.7. The van der Waals surface area contributed by atoms with Crippen molar-refractivity contribution in [2.24, 2.45) is 0 Å². The smallest absolute Gasteiger partial charge is 0.122 e. The van der Waals surface area contributed by atoms with Crippen molar-refractivity contribution in [2.45, 2.75) is 44.4 Å². The highest BCUT2D eigenvalue weighted by atomic mass is 32.2. The van der Waals surface area contributed by atoms with Crippen LogP contribution in [0.4, 0.5) is 0 Å². The molecule has 0 saturated carbocycles. The molecule has 1 aromatic carbocycles. The molecule has 3 heteroatoms. The predicted octanol–water partition coefficient (Wildman–Crippen LogP) is 3.63. The molecular formula is C16H25NOS. The molecule has 0 bridgehead atoms. The summed E-state index contributed by atoms with van der Waals surface area (Å²) in [4.78, 5) is 0. The molecule has 1 aliphatic heterocycles. The highest BCUT2D eigenvalue weighted by molar-refractivity contribution is 8.00. The molecule has 1 aromatic rings. The van der Waals surface area contributed by atoms with Crippen molar-refractivity contribution in [2.75, 3.05) is 19.4 Å². The van der Waals surface area contributed by atoms with Gasteiger partial charge in [-0.15, -0.1) is 0 Å². The second kappa shape index (κ2) is 6.67. The average Bonchev–Trinajstić information content (AvgIpc) is 2.92. The summed E-state index contributed by atoms with van der Waals surface area (Å²) in [5.74, 6) is 1.07. The van der Waals surface area contributed by atoms with Crippen molar-refractivity contribution < 1.29 is 4.74 Å². The fourth-order valence-electron chi connectivity index (χ4n) is 2.65. The van der Waals surface area contributed by atoms with Crippen LogP contribution in [0.25, 0.3) is 0 Å². The lowest BCUT2D eigenvalue weighted by Gasteiger charge is -2.30. The number of rotatable bonds is 7. The molecule has 2 nitrogen and oxygen atoms in total. The van der Waals surface area contributed by atoms with Gasteiger partial charge in [-0.3, -0.25) is 0 Å².